The number of pyridine rings is 1. The van der Waals surface area contributed by atoms with Crippen LogP contribution in [0.4, 0.5) is 0 Å². The fraction of sp³-hybridized carbons (Fsp3) is 0. The highest BCUT2D eigenvalue weighted by Crippen LogP contribution is 2.32. The number of hydrogen-bond acceptors (Lipinski definition) is 3. The Morgan fingerprint density at radius 3 is 2.71 bits per heavy atom. The first kappa shape index (κ1) is 12.6. The Labute approximate surface area is 117 Å². The zero-order valence-corrected chi connectivity index (χ0v) is 11.7. The van der Waals surface area contributed by atoms with Crippen molar-refractivity contribution in [2.24, 2.45) is 0 Å². The van der Waals surface area contributed by atoms with Crippen LogP contribution in [0, 0.1) is 0 Å². The molecule has 0 saturated heterocycles. The predicted molar refractivity (Wildman–Crippen MR) is 72.9 cm³/mol. The molecule has 1 aromatic carbocycles. The molecule has 0 aliphatic rings. The smallest absolute Gasteiger partial charge is 0.150 e. The third-order valence-electron chi connectivity index (χ3n) is 2.01. The number of nitrogens with zero attached hydrogens (tertiary/aromatic N) is 1. The van der Waals surface area contributed by atoms with Crippen LogP contribution in [0.3, 0.4) is 0 Å². The molecule has 0 amide bonds. The molecule has 5 heteroatoms. The molecule has 17 heavy (non-hydrogen) atoms. The van der Waals surface area contributed by atoms with E-state index in [4.69, 9.17) is 11.6 Å². The van der Waals surface area contributed by atoms with E-state index in [0.717, 1.165) is 20.7 Å². The van der Waals surface area contributed by atoms with E-state index < -0.39 is 0 Å². The Balaban J connectivity index is 2.24. The maximum absolute atomic E-state index is 10.6. The molecule has 0 atom stereocenters. The average Bonchev–Trinajstić information content (AvgIpc) is 2.34. The SMILES string of the molecule is O=Cc1ccc(Sc2ccc(Br)cn2)c(Cl)c1. The van der Waals surface area contributed by atoms with Crippen molar-refractivity contribution in [3.05, 3.63) is 51.6 Å². The molecular formula is C12H7BrClNOS. The van der Waals surface area contributed by atoms with Crippen molar-refractivity contribution in [2.45, 2.75) is 9.92 Å². The second-order valence-corrected chi connectivity index (χ2v) is 5.61. The minimum Gasteiger partial charge on any atom is -0.298 e. The van der Waals surface area contributed by atoms with Gasteiger partial charge in [0.25, 0.3) is 0 Å². The Hall–Kier alpha value is -0.840. The molecule has 0 radical (unpaired) electrons. The molecule has 0 fully saturated rings. The second-order valence-electron chi connectivity index (χ2n) is 3.22. The Morgan fingerprint density at radius 2 is 2.12 bits per heavy atom. The van der Waals surface area contributed by atoms with Crippen LogP contribution in [0.5, 0.6) is 0 Å². The Morgan fingerprint density at radius 1 is 1.29 bits per heavy atom. The molecule has 86 valence electrons. The van der Waals surface area contributed by atoms with Crippen LogP contribution >= 0.6 is 39.3 Å². The molecular weight excluding hydrogens is 322 g/mol. The summed E-state index contributed by atoms with van der Waals surface area (Å²) in [6, 6.07) is 9.03. The van der Waals surface area contributed by atoms with Gasteiger partial charge in [0, 0.05) is 21.1 Å². The zero-order valence-electron chi connectivity index (χ0n) is 8.56. The van der Waals surface area contributed by atoms with Gasteiger partial charge in [-0.15, -0.1) is 0 Å². The first-order valence-electron chi connectivity index (χ1n) is 4.73. The number of halogens is 2. The molecule has 1 aromatic heterocycles. The van der Waals surface area contributed by atoms with E-state index in [1.165, 1.54) is 11.8 Å². The monoisotopic (exact) mass is 327 g/mol. The van der Waals surface area contributed by atoms with E-state index in [2.05, 4.69) is 20.9 Å². The number of rotatable bonds is 3. The third-order valence-corrected chi connectivity index (χ3v) is 3.93. The van der Waals surface area contributed by atoms with Gasteiger partial charge in [0.15, 0.2) is 0 Å². The largest absolute Gasteiger partial charge is 0.298 e. The van der Waals surface area contributed by atoms with Gasteiger partial charge in [0.1, 0.15) is 11.3 Å². The summed E-state index contributed by atoms with van der Waals surface area (Å²) in [5, 5.41) is 1.42. The molecule has 0 saturated carbocycles. The third kappa shape index (κ3) is 3.31. The van der Waals surface area contributed by atoms with Gasteiger partial charge < -0.3 is 0 Å². The molecule has 1 heterocycles. The molecule has 2 nitrogen and oxygen atoms in total. The van der Waals surface area contributed by atoms with Gasteiger partial charge in [-0.1, -0.05) is 29.4 Å². The average molecular weight is 329 g/mol. The maximum atomic E-state index is 10.6. The highest BCUT2D eigenvalue weighted by Gasteiger charge is 2.04. The van der Waals surface area contributed by atoms with Crippen LogP contribution in [0.2, 0.25) is 5.02 Å². The van der Waals surface area contributed by atoms with Crippen LogP contribution in [-0.4, -0.2) is 11.3 Å². The van der Waals surface area contributed by atoms with Crippen molar-refractivity contribution in [1.29, 1.82) is 0 Å². The van der Waals surface area contributed by atoms with E-state index >= 15 is 0 Å². The molecule has 0 aliphatic carbocycles. The van der Waals surface area contributed by atoms with E-state index in [-0.39, 0.29) is 0 Å². The van der Waals surface area contributed by atoms with Crippen LogP contribution < -0.4 is 0 Å². The normalized spacial score (nSPS) is 10.2. The minimum absolute atomic E-state index is 0.560. The number of carbonyl (C=O) groups is 1. The van der Waals surface area contributed by atoms with Gasteiger partial charge >= 0.3 is 0 Å². The summed E-state index contributed by atoms with van der Waals surface area (Å²) in [6.07, 6.45) is 2.51. The topological polar surface area (TPSA) is 30.0 Å². The van der Waals surface area contributed by atoms with Gasteiger partial charge in [-0.05, 0) is 40.2 Å². The molecule has 0 spiro atoms. The Bertz CT molecular complexity index is 545. The van der Waals surface area contributed by atoms with Crippen molar-refractivity contribution in [3.8, 4) is 0 Å². The molecule has 0 aliphatic heterocycles. The maximum Gasteiger partial charge on any atom is 0.150 e. The van der Waals surface area contributed by atoms with Crippen LogP contribution in [0.15, 0.2) is 50.9 Å². The molecule has 0 unspecified atom stereocenters. The van der Waals surface area contributed by atoms with Gasteiger partial charge in [0.2, 0.25) is 0 Å². The molecule has 2 rings (SSSR count). The number of hydrogen-bond donors (Lipinski definition) is 0. The molecule has 2 aromatic rings. The summed E-state index contributed by atoms with van der Waals surface area (Å²) in [6.45, 7) is 0. The summed E-state index contributed by atoms with van der Waals surface area (Å²) < 4.78 is 0.934. The van der Waals surface area contributed by atoms with E-state index in [9.17, 15) is 4.79 Å². The van der Waals surface area contributed by atoms with Crippen molar-refractivity contribution in [3.63, 3.8) is 0 Å². The van der Waals surface area contributed by atoms with Crippen molar-refractivity contribution in [2.75, 3.05) is 0 Å². The fourth-order valence-electron chi connectivity index (χ4n) is 1.21. The summed E-state index contributed by atoms with van der Waals surface area (Å²) in [5.41, 5.74) is 0.572. The summed E-state index contributed by atoms with van der Waals surface area (Å²) in [4.78, 5) is 15.7. The Kier molecular flexibility index (Phi) is 4.20. The number of benzene rings is 1. The first-order chi connectivity index (χ1) is 8.19. The van der Waals surface area contributed by atoms with Crippen molar-refractivity contribution < 1.29 is 4.79 Å². The van der Waals surface area contributed by atoms with Crippen LogP contribution in [-0.2, 0) is 0 Å². The lowest BCUT2D eigenvalue weighted by Gasteiger charge is -2.03. The fourth-order valence-corrected chi connectivity index (χ4v) is 2.51. The number of aldehydes is 1. The minimum atomic E-state index is 0.560. The van der Waals surface area contributed by atoms with Gasteiger partial charge in [-0.3, -0.25) is 4.79 Å². The number of aromatic nitrogens is 1. The zero-order chi connectivity index (χ0) is 12.3. The summed E-state index contributed by atoms with van der Waals surface area (Å²) in [7, 11) is 0. The van der Waals surface area contributed by atoms with E-state index in [0.29, 0.717) is 10.6 Å². The lowest BCUT2D eigenvalue weighted by molar-refractivity contribution is 0.112. The summed E-state index contributed by atoms with van der Waals surface area (Å²) >= 11 is 10.9. The standard InChI is InChI=1S/C12H7BrClNOS/c13-9-2-4-12(15-6-9)17-11-3-1-8(7-16)5-10(11)14/h1-7H. The van der Waals surface area contributed by atoms with Crippen molar-refractivity contribution in [1.82, 2.24) is 4.98 Å². The second kappa shape index (κ2) is 5.67. The molecule has 0 bridgehead atoms. The highest BCUT2D eigenvalue weighted by atomic mass is 79.9. The van der Waals surface area contributed by atoms with Gasteiger partial charge in [0.05, 0.1) is 5.02 Å². The summed E-state index contributed by atoms with van der Waals surface area (Å²) in [5.74, 6) is 0. The first-order valence-corrected chi connectivity index (χ1v) is 6.72. The predicted octanol–water partition coefficient (Wildman–Crippen LogP) is 4.46. The van der Waals surface area contributed by atoms with Gasteiger partial charge in [-0.2, -0.15) is 0 Å². The van der Waals surface area contributed by atoms with Crippen LogP contribution in [0.25, 0.3) is 0 Å². The highest BCUT2D eigenvalue weighted by molar-refractivity contribution is 9.10. The van der Waals surface area contributed by atoms with Crippen molar-refractivity contribution >= 4 is 45.6 Å². The van der Waals surface area contributed by atoms with E-state index in [1.54, 1.807) is 18.3 Å². The van der Waals surface area contributed by atoms with Gasteiger partial charge in [-0.25, -0.2) is 4.98 Å². The van der Waals surface area contributed by atoms with E-state index in [1.807, 2.05) is 18.2 Å². The van der Waals surface area contributed by atoms with Crippen LogP contribution in [0.1, 0.15) is 10.4 Å². The lowest BCUT2D eigenvalue weighted by atomic mass is 10.2. The molecule has 0 N–H and O–H groups in total. The quantitative estimate of drug-likeness (QED) is 0.779. The lowest BCUT2D eigenvalue weighted by Crippen LogP contribution is -1.83. The number of carbonyl (C=O) groups excluding carboxylic acids is 1.